The van der Waals surface area contributed by atoms with Crippen LogP contribution in [0.1, 0.15) is 66.2 Å². The van der Waals surface area contributed by atoms with Crippen LogP contribution in [0.15, 0.2) is 0 Å². The first-order chi connectivity index (χ1) is 11.2. The van der Waals surface area contributed by atoms with Crippen LogP contribution in [-0.4, -0.2) is 36.1 Å². The Morgan fingerprint density at radius 1 is 1.08 bits per heavy atom. The summed E-state index contributed by atoms with van der Waals surface area (Å²) in [4.78, 5) is 35.5. The van der Waals surface area contributed by atoms with Crippen molar-refractivity contribution in [2.75, 3.05) is 6.54 Å². The van der Waals surface area contributed by atoms with Crippen LogP contribution in [-0.2, 0) is 14.3 Å². The fourth-order valence-electron chi connectivity index (χ4n) is 1.89. The fourth-order valence-corrected chi connectivity index (χ4v) is 1.89. The highest BCUT2D eigenvalue weighted by molar-refractivity contribution is 5.87. The molecule has 140 valence electrons. The molecule has 0 fully saturated rings. The summed E-state index contributed by atoms with van der Waals surface area (Å²) in [5.74, 6) is -0.745. The molecule has 8 heteroatoms. The number of hydrazine groups is 1. The largest absolute Gasteiger partial charge is 0.444 e. The van der Waals surface area contributed by atoms with Gasteiger partial charge >= 0.3 is 6.09 Å². The molecule has 3 amide bonds. The molecule has 0 aliphatic rings. The van der Waals surface area contributed by atoms with Crippen LogP contribution in [0.3, 0.4) is 0 Å². The summed E-state index contributed by atoms with van der Waals surface area (Å²) in [5.41, 5.74) is 9.44. The molecule has 0 aromatic carbocycles. The molecule has 0 aromatic rings. The molecule has 0 saturated carbocycles. The van der Waals surface area contributed by atoms with E-state index in [0.717, 1.165) is 12.8 Å². The average Bonchev–Trinajstić information content (AvgIpc) is 2.47. The summed E-state index contributed by atoms with van der Waals surface area (Å²) in [6.07, 6.45) is 3.25. The van der Waals surface area contributed by atoms with Gasteiger partial charge in [-0.05, 0) is 46.6 Å². The number of hydrogen-bond acceptors (Lipinski definition) is 5. The SMILES string of the molecule is CCC[C@@H](NC(=O)OC(C)(C)C)C(=O)NNC(=O)CCCCCN. The number of unbranched alkanes of at least 4 members (excludes halogenated alkanes) is 2. The van der Waals surface area contributed by atoms with Crippen LogP contribution in [0.4, 0.5) is 4.79 Å². The van der Waals surface area contributed by atoms with Crippen molar-refractivity contribution in [3.05, 3.63) is 0 Å². The average molecular weight is 344 g/mol. The Bertz CT molecular complexity index is 407. The third-order valence-corrected chi connectivity index (χ3v) is 3.02. The van der Waals surface area contributed by atoms with E-state index >= 15 is 0 Å². The van der Waals surface area contributed by atoms with E-state index in [1.54, 1.807) is 20.8 Å². The lowest BCUT2D eigenvalue weighted by Crippen LogP contribution is -2.52. The molecule has 0 aromatic heterocycles. The summed E-state index contributed by atoms with van der Waals surface area (Å²) in [6, 6.07) is -0.762. The maximum atomic E-state index is 12.1. The minimum absolute atomic E-state index is 0.270. The summed E-state index contributed by atoms with van der Waals surface area (Å²) in [5, 5.41) is 2.52. The highest BCUT2D eigenvalue weighted by Gasteiger charge is 2.23. The Morgan fingerprint density at radius 3 is 2.29 bits per heavy atom. The van der Waals surface area contributed by atoms with Crippen molar-refractivity contribution in [3.63, 3.8) is 0 Å². The predicted octanol–water partition coefficient (Wildman–Crippen LogP) is 1.35. The molecule has 0 bridgehead atoms. The summed E-state index contributed by atoms with van der Waals surface area (Å²) in [7, 11) is 0. The first kappa shape index (κ1) is 22.2. The monoisotopic (exact) mass is 344 g/mol. The van der Waals surface area contributed by atoms with Crippen LogP contribution in [0.5, 0.6) is 0 Å². The van der Waals surface area contributed by atoms with Crippen LogP contribution < -0.4 is 21.9 Å². The number of nitrogens with two attached hydrogens (primary N) is 1. The standard InChI is InChI=1S/C16H32N4O4/c1-5-9-12(18-15(23)24-16(2,3)4)14(22)20-19-13(21)10-7-6-8-11-17/h12H,5-11,17H2,1-4H3,(H,18,23)(H,19,21)(H,20,22)/t12-/m1/s1. The smallest absolute Gasteiger partial charge is 0.408 e. The van der Waals surface area contributed by atoms with Gasteiger partial charge in [-0.1, -0.05) is 19.8 Å². The lowest BCUT2D eigenvalue weighted by Gasteiger charge is -2.23. The topological polar surface area (TPSA) is 123 Å². The molecule has 5 N–H and O–H groups in total. The summed E-state index contributed by atoms with van der Waals surface area (Å²) >= 11 is 0. The lowest BCUT2D eigenvalue weighted by atomic mass is 10.1. The lowest BCUT2D eigenvalue weighted by molar-refractivity contribution is -0.130. The van der Waals surface area contributed by atoms with Gasteiger partial charge in [-0.25, -0.2) is 4.79 Å². The van der Waals surface area contributed by atoms with Gasteiger partial charge in [0.2, 0.25) is 5.91 Å². The molecular weight excluding hydrogens is 312 g/mol. The van der Waals surface area contributed by atoms with Crippen molar-refractivity contribution in [1.29, 1.82) is 0 Å². The van der Waals surface area contributed by atoms with E-state index in [1.165, 1.54) is 0 Å². The van der Waals surface area contributed by atoms with Gasteiger partial charge in [-0.15, -0.1) is 0 Å². The van der Waals surface area contributed by atoms with Gasteiger partial charge in [0.25, 0.3) is 5.91 Å². The van der Waals surface area contributed by atoms with Gasteiger partial charge in [-0.2, -0.15) is 0 Å². The number of carbonyl (C=O) groups excluding carboxylic acids is 3. The van der Waals surface area contributed by atoms with Gasteiger partial charge in [0.1, 0.15) is 11.6 Å². The quantitative estimate of drug-likeness (QED) is 0.371. The number of rotatable bonds is 9. The minimum atomic E-state index is -0.762. The number of alkyl carbamates (subject to hydrolysis) is 1. The molecule has 0 aliphatic heterocycles. The maximum absolute atomic E-state index is 12.1. The van der Waals surface area contributed by atoms with E-state index in [-0.39, 0.29) is 5.91 Å². The third-order valence-electron chi connectivity index (χ3n) is 3.02. The van der Waals surface area contributed by atoms with Gasteiger partial charge in [0, 0.05) is 6.42 Å². The van der Waals surface area contributed by atoms with E-state index in [0.29, 0.717) is 32.2 Å². The van der Waals surface area contributed by atoms with Gasteiger partial charge in [-0.3, -0.25) is 20.4 Å². The van der Waals surface area contributed by atoms with Crippen LogP contribution >= 0.6 is 0 Å². The molecule has 24 heavy (non-hydrogen) atoms. The Morgan fingerprint density at radius 2 is 1.75 bits per heavy atom. The van der Waals surface area contributed by atoms with E-state index < -0.39 is 23.6 Å². The molecule has 0 spiro atoms. The van der Waals surface area contributed by atoms with E-state index in [2.05, 4.69) is 16.2 Å². The second-order valence-corrected chi connectivity index (χ2v) is 6.62. The number of nitrogens with one attached hydrogen (secondary N) is 3. The minimum Gasteiger partial charge on any atom is -0.444 e. The van der Waals surface area contributed by atoms with E-state index in [1.807, 2.05) is 6.92 Å². The number of amides is 3. The molecule has 0 heterocycles. The first-order valence-corrected chi connectivity index (χ1v) is 8.48. The van der Waals surface area contributed by atoms with Crippen molar-refractivity contribution in [2.24, 2.45) is 5.73 Å². The zero-order valence-corrected chi connectivity index (χ0v) is 15.2. The molecule has 0 radical (unpaired) electrons. The summed E-state index contributed by atoms with van der Waals surface area (Å²) in [6.45, 7) is 7.73. The predicted molar refractivity (Wildman–Crippen MR) is 91.9 cm³/mol. The zero-order valence-electron chi connectivity index (χ0n) is 15.2. The fraction of sp³-hybridized carbons (Fsp3) is 0.812. The normalized spacial score (nSPS) is 12.2. The molecule has 0 aliphatic carbocycles. The second kappa shape index (κ2) is 11.7. The van der Waals surface area contributed by atoms with Gasteiger partial charge in [0.15, 0.2) is 0 Å². The maximum Gasteiger partial charge on any atom is 0.408 e. The van der Waals surface area contributed by atoms with E-state index in [4.69, 9.17) is 10.5 Å². The van der Waals surface area contributed by atoms with Crippen molar-refractivity contribution in [1.82, 2.24) is 16.2 Å². The molecule has 1 atom stereocenters. The molecular formula is C16H32N4O4. The van der Waals surface area contributed by atoms with Crippen molar-refractivity contribution >= 4 is 17.9 Å². The van der Waals surface area contributed by atoms with Gasteiger partial charge < -0.3 is 15.8 Å². The Balaban J connectivity index is 4.28. The number of hydrogen-bond donors (Lipinski definition) is 4. The molecule has 0 saturated heterocycles. The van der Waals surface area contributed by atoms with Crippen molar-refractivity contribution in [2.45, 2.75) is 77.9 Å². The van der Waals surface area contributed by atoms with Crippen LogP contribution in [0.25, 0.3) is 0 Å². The van der Waals surface area contributed by atoms with Gasteiger partial charge in [0.05, 0.1) is 0 Å². The van der Waals surface area contributed by atoms with Crippen LogP contribution in [0.2, 0.25) is 0 Å². The molecule has 0 rings (SSSR count). The second-order valence-electron chi connectivity index (χ2n) is 6.62. The van der Waals surface area contributed by atoms with Crippen LogP contribution in [0, 0.1) is 0 Å². The number of ether oxygens (including phenoxy) is 1. The Hall–Kier alpha value is -1.83. The Kier molecular flexibility index (Phi) is 10.8. The molecule has 0 unspecified atom stereocenters. The zero-order chi connectivity index (χ0) is 18.6. The highest BCUT2D eigenvalue weighted by atomic mass is 16.6. The Labute approximate surface area is 144 Å². The third kappa shape index (κ3) is 11.7. The van der Waals surface area contributed by atoms with Crippen molar-refractivity contribution in [3.8, 4) is 0 Å². The van der Waals surface area contributed by atoms with Crippen molar-refractivity contribution < 1.29 is 19.1 Å². The first-order valence-electron chi connectivity index (χ1n) is 8.48. The highest BCUT2D eigenvalue weighted by Crippen LogP contribution is 2.07. The number of carbonyl (C=O) groups is 3. The molecule has 8 nitrogen and oxygen atoms in total. The van der Waals surface area contributed by atoms with E-state index in [9.17, 15) is 14.4 Å². The summed E-state index contributed by atoms with van der Waals surface area (Å²) < 4.78 is 5.14.